The van der Waals surface area contributed by atoms with Gasteiger partial charge in [-0.25, -0.2) is 4.98 Å². The minimum atomic E-state index is 0.408. The van der Waals surface area contributed by atoms with Gasteiger partial charge in [0.05, 0.1) is 12.2 Å². The van der Waals surface area contributed by atoms with Gasteiger partial charge in [-0.15, -0.1) is 0 Å². The summed E-state index contributed by atoms with van der Waals surface area (Å²) in [6.45, 7) is 5.04. The molecule has 2 aromatic heterocycles. The zero-order valence-electron chi connectivity index (χ0n) is 20.0. The number of benzene rings is 2. The van der Waals surface area contributed by atoms with Crippen LogP contribution in [0.1, 0.15) is 16.7 Å². The Hall–Kier alpha value is -3.36. The van der Waals surface area contributed by atoms with E-state index in [1.165, 1.54) is 16.7 Å². The highest BCUT2D eigenvalue weighted by atomic mass is 32.2. The molecule has 0 saturated heterocycles. The molecule has 2 N–H and O–H groups in total. The van der Waals surface area contributed by atoms with Crippen LogP contribution in [0.4, 0.5) is 0 Å². The smallest absolute Gasteiger partial charge is 0.207 e. The quantitative estimate of drug-likeness (QED) is 0.218. The van der Waals surface area contributed by atoms with E-state index in [9.17, 15) is 4.79 Å². The molecule has 5 rings (SSSR count). The maximum Gasteiger partial charge on any atom is 0.207 e. The molecule has 0 unspecified atom stereocenters. The van der Waals surface area contributed by atoms with Gasteiger partial charge in [0, 0.05) is 35.8 Å². The summed E-state index contributed by atoms with van der Waals surface area (Å²) in [4.78, 5) is 15.1. The fourth-order valence-electron chi connectivity index (χ4n) is 4.53. The minimum Gasteiger partial charge on any atom is -0.491 e. The van der Waals surface area contributed by atoms with Gasteiger partial charge in [0.1, 0.15) is 12.4 Å². The van der Waals surface area contributed by atoms with Crippen molar-refractivity contribution in [3.63, 3.8) is 0 Å². The van der Waals surface area contributed by atoms with Crippen LogP contribution in [0.5, 0.6) is 5.75 Å². The highest BCUT2D eigenvalue weighted by Gasteiger charge is 2.16. The SMILES string of the molecule is CSN1CCc2ccc(-c3cnc4n[nH]c(-c5ccc(C)c(OCCNC=O)c5)c4c3)cc2CC1. The highest BCUT2D eigenvalue weighted by Crippen LogP contribution is 2.33. The number of fused-ring (bicyclic) bond motifs is 2. The highest BCUT2D eigenvalue weighted by molar-refractivity contribution is 7.96. The van der Waals surface area contributed by atoms with Crippen LogP contribution in [0.25, 0.3) is 33.4 Å². The number of hydrogen-bond acceptors (Lipinski definition) is 6. The second-order valence-corrected chi connectivity index (χ2v) is 9.57. The number of pyridine rings is 1. The molecule has 0 bridgehead atoms. The van der Waals surface area contributed by atoms with Crippen molar-refractivity contribution < 1.29 is 9.53 Å². The molecule has 8 heteroatoms. The summed E-state index contributed by atoms with van der Waals surface area (Å²) in [5.74, 6) is 0.784. The summed E-state index contributed by atoms with van der Waals surface area (Å²) >= 11 is 1.83. The van der Waals surface area contributed by atoms with Crippen molar-refractivity contribution in [2.75, 3.05) is 32.5 Å². The molecule has 0 spiro atoms. The number of nitrogens with one attached hydrogen (secondary N) is 2. The molecule has 180 valence electrons. The van der Waals surface area contributed by atoms with E-state index in [0.717, 1.165) is 59.5 Å². The average molecular weight is 488 g/mol. The van der Waals surface area contributed by atoms with Gasteiger partial charge in [0.25, 0.3) is 0 Å². The fourth-order valence-corrected chi connectivity index (χ4v) is 5.08. The van der Waals surface area contributed by atoms with E-state index in [0.29, 0.717) is 25.2 Å². The van der Waals surface area contributed by atoms with Crippen molar-refractivity contribution in [2.24, 2.45) is 0 Å². The first-order chi connectivity index (χ1) is 17.2. The Balaban J connectivity index is 1.45. The van der Waals surface area contributed by atoms with Gasteiger partial charge in [0.2, 0.25) is 6.41 Å². The Labute approximate surface area is 209 Å². The Morgan fingerprint density at radius 1 is 1.09 bits per heavy atom. The average Bonchev–Trinajstić information content (AvgIpc) is 3.19. The van der Waals surface area contributed by atoms with E-state index in [1.807, 2.05) is 37.2 Å². The molecule has 0 aliphatic carbocycles. The third-order valence-electron chi connectivity index (χ3n) is 6.53. The number of carbonyl (C=O) groups is 1. The summed E-state index contributed by atoms with van der Waals surface area (Å²) in [5.41, 5.74) is 8.75. The Bertz CT molecular complexity index is 1350. The molecule has 2 aromatic carbocycles. The molecule has 0 radical (unpaired) electrons. The van der Waals surface area contributed by atoms with Crippen molar-refractivity contribution in [3.8, 4) is 28.1 Å². The summed E-state index contributed by atoms with van der Waals surface area (Å²) in [7, 11) is 0. The lowest BCUT2D eigenvalue weighted by Crippen LogP contribution is -2.19. The lowest BCUT2D eigenvalue weighted by atomic mass is 9.96. The van der Waals surface area contributed by atoms with Crippen molar-refractivity contribution in [1.82, 2.24) is 24.8 Å². The van der Waals surface area contributed by atoms with Gasteiger partial charge in [-0.1, -0.05) is 42.3 Å². The molecule has 0 saturated carbocycles. The van der Waals surface area contributed by atoms with Crippen LogP contribution < -0.4 is 10.1 Å². The van der Waals surface area contributed by atoms with Crippen molar-refractivity contribution >= 4 is 29.4 Å². The molecule has 4 aromatic rings. The predicted molar refractivity (Wildman–Crippen MR) is 142 cm³/mol. The summed E-state index contributed by atoms with van der Waals surface area (Å²) in [5, 5.41) is 11.2. The zero-order chi connectivity index (χ0) is 24.2. The van der Waals surface area contributed by atoms with Crippen LogP contribution in [0.15, 0.2) is 48.7 Å². The number of aromatic nitrogens is 3. The van der Waals surface area contributed by atoms with E-state index in [4.69, 9.17) is 4.74 Å². The van der Waals surface area contributed by atoms with Crippen LogP contribution in [0.3, 0.4) is 0 Å². The largest absolute Gasteiger partial charge is 0.491 e. The first-order valence-corrected chi connectivity index (χ1v) is 13.0. The number of H-pyrrole nitrogens is 1. The van der Waals surface area contributed by atoms with Crippen LogP contribution in [0, 0.1) is 6.92 Å². The fraction of sp³-hybridized carbons (Fsp3) is 0.296. The molecule has 0 fully saturated rings. The van der Waals surface area contributed by atoms with Gasteiger partial charge < -0.3 is 10.1 Å². The van der Waals surface area contributed by atoms with Crippen LogP contribution in [0.2, 0.25) is 0 Å². The number of amides is 1. The number of aryl methyl sites for hydroxylation is 1. The second kappa shape index (κ2) is 10.5. The predicted octanol–water partition coefficient (Wildman–Crippen LogP) is 4.40. The minimum absolute atomic E-state index is 0.408. The van der Waals surface area contributed by atoms with E-state index in [1.54, 1.807) is 0 Å². The maximum atomic E-state index is 10.5. The third-order valence-corrected chi connectivity index (χ3v) is 7.41. The van der Waals surface area contributed by atoms with Gasteiger partial charge in [-0.2, -0.15) is 5.10 Å². The first-order valence-electron chi connectivity index (χ1n) is 11.8. The lowest BCUT2D eigenvalue weighted by Gasteiger charge is -2.14. The molecule has 0 atom stereocenters. The summed E-state index contributed by atoms with van der Waals surface area (Å²) < 4.78 is 8.32. The molecule has 1 aliphatic rings. The number of aromatic amines is 1. The maximum absolute atomic E-state index is 10.5. The molecule has 7 nitrogen and oxygen atoms in total. The van der Waals surface area contributed by atoms with Crippen LogP contribution in [-0.2, 0) is 17.6 Å². The Morgan fingerprint density at radius 2 is 1.91 bits per heavy atom. The number of rotatable bonds is 8. The first kappa shape index (κ1) is 23.4. The summed E-state index contributed by atoms with van der Waals surface area (Å²) in [6, 6.07) is 15.1. The van der Waals surface area contributed by atoms with E-state index >= 15 is 0 Å². The van der Waals surface area contributed by atoms with Gasteiger partial charge >= 0.3 is 0 Å². The molecule has 1 aliphatic heterocycles. The molecular formula is C27H29N5O2S. The molecule has 3 heterocycles. The van der Waals surface area contributed by atoms with Gasteiger partial charge in [-0.3, -0.25) is 14.2 Å². The molecule has 35 heavy (non-hydrogen) atoms. The topological polar surface area (TPSA) is 83.1 Å². The third kappa shape index (κ3) is 5.04. The van der Waals surface area contributed by atoms with Gasteiger partial charge in [-0.05, 0) is 60.4 Å². The normalized spacial score (nSPS) is 13.9. The molecule has 1 amide bonds. The Kier molecular flexibility index (Phi) is 7.01. The van der Waals surface area contributed by atoms with E-state index in [-0.39, 0.29) is 0 Å². The number of hydrogen-bond donors (Lipinski definition) is 2. The van der Waals surface area contributed by atoms with Gasteiger partial charge in [0.15, 0.2) is 5.65 Å². The second-order valence-electron chi connectivity index (χ2n) is 8.69. The van der Waals surface area contributed by atoms with Crippen molar-refractivity contribution in [1.29, 1.82) is 0 Å². The monoisotopic (exact) mass is 487 g/mol. The zero-order valence-corrected chi connectivity index (χ0v) is 20.8. The van der Waals surface area contributed by atoms with E-state index < -0.39 is 0 Å². The number of nitrogens with zero attached hydrogens (tertiary/aromatic N) is 3. The van der Waals surface area contributed by atoms with Crippen molar-refractivity contribution in [2.45, 2.75) is 19.8 Å². The number of ether oxygens (including phenoxy) is 1. The summed E-state index contributed by atoms with van der Waals surface area (Å²) in [6.07, 6.45) is 6.88. The van der Waals surface area contributed by atoms with E-state index in [2.05, 4.69) is 61.4 Å². The lowest BCUT2D eigenvalue weighted by molar-refractivity contribution is -0.109. The standard InChI is InChI=1S/C27H29N5O2S/c1-18-3-4-22(15-25(18)34-12-9-28-17-33)26-24-14-23(16-29-27(24)31-30-26)20-6-5-19-7-10-32(35-2)11-8-21(19)13-20/h3-6,13-17H,7-12H2,1-2H3,(H,28,33)(H,29,30,31). The number of carbonyl (C=O) groups excluding carboxylic acids is 1. The van der Waals surface area contributed by atoms with Crippen molar-refractivity contribution in [3.05, 3.63) is 65.4 Å². The Morgan fingerprint density at radius 3 is 2.74 bits per heavy atom. The van der Waals surface area contributed by atoms with Crippen LogP contribution >= 0.6 is 11.9 Å². The van der Waals surface area contributed by atoms with Crippen LogP contribution in [-0.4, -0.2) is 58.4 Å². The molecular weight excluding hydrogens is 458 g/mol.